The fourth-order valence-electron chi connectivity index (χ4n) is 1.94. The number of aromatic nitrogens is 2. The molecule has 3 N–H and O–H groups in total. The molecule has 1 atom stereocenters. The van der Waals surface area contributed by atoms with Gasteiger partial charge in [0.05, 0.1) is 18.8 Å². The van der Waals surface area contributed by atoms with Crippen molar-refractivity contribution in [1.82, 2.24) is 15.2 Å². The van der Waals surface area contributed by atoms with Crippen molar-refractivity contribution in [1.29, 1.82) is 0 Å². The summed E-state index contributed by atoms with van der Waals surface area (Å²) in [5.74, 6) is 6.32. The molecule has 1 aromatic carbocycles. The van der Waals surface area contributed by atoms with E-state index < -0.39 is 0 Å². The number of nitrogens with two attached hydrogens (primary N) is 1. The Kier molecular flexibility index (Phi) is 4.42. The Labute approximate surface area is 117 Å². The first kappa shape index (κ1) is 13.9. The van der Waals surface area contributed by atoms with E-state index in [0.29, 0.717) is 5.88 Å². The Hall–Kier alpha value is -1.56. The normalized spacial score (nSPS) is 12.4. The fraction of sp³-hybridized carbons (Fsp3) is 0.308. The molecule has 0 aliphatic heterocycles. The van der Waals surface area contributed by atoms with Gasteiger partial charge in [-0.3, -0.25) is 11.3 Å². The van der Waals surface area contributed by atoms with Crippen LogP contribution in [0.3, 0.4) is 0 Å². The molecule has 102 valence electrons. The molecular formula is C13H17ClN4O. The molecule has 0 saturated carbocycles. The van der Waals surface area contributed by atoms with Crippen molar-refractivity contribution in [2.24, 2.45) is 12.9 Å². The van der Waals surface area contributed by atoms with Crippen LogP contribution in [-0.2, 0) is 13.5 Å². The van der Waals surface area contributed by atoms with Gasteiger partial charge < -0.3 is 4.74 Å². The zero-order valence-corrected chi connectivity index (χ0v) is 11.7. The van der Waals surface area contributed by atoms with Crippen LogP contribution in [0, 0.1) is 0 Å². The molecule has 1 unspecified atom stereocenters. The summed E-state index contributed by atoms with van der Waals surface area (Å²) in [6.07, 6.45) is 0.730. The van der Waals surface area contributed by atoms with Crippen LogP contribution in [0.25, 0.3) is 0 Å². The molecule has 0 aliphatic carbocycles. The van der Waals surface area contributed by atoms with Crippen LogP contribution in [0.15, 0.2) is 30.3 Å². The van der Waals surface area contributed by atoms with E-state index in [-0.39, 0.29) is 6.04 Å². The standard InChI is InChI=1S/C13H17ClN4O/c1-18-13(19-2)8-12(17-18)11(16-15)7-9-3-5-10(14)6-4-9/h3-6,8,11,16H,7,15H2,1-2H3. The molecule has 6 heteroatoms. The molecule has 0 aliphatic rings. The summed E-state index contributed by atoms with van der Waals surface area (Å²) in [5, 5.41) is 5.11. The summed E-state index contributed by atoms with van der Waals surface area (Å²) < 4.78 is 6.88. The lowest BCUT2D eigenvalue weighted by molar-refractivity contribution is 0.373. The van der Waals surface area contributed by atoms with E-state index >= 15 is 0 Å². The molecular weight excluding hydrogens is 264 g/mol. The van der Waals surface area contributed by atoms with Gasteiger partial charge in [-0.1, -0.05) is 23.7 Å². The van der Waals surface area contributed by atoms with Gasteiger partial charge in [0.1, 0.15) is 0 Å². The van der Waals surface area contributed by atoms with Crippen LogP contribution < -0.4 is 16.0 Å². The van der Waals surface area contributed by atoms with Gasteiger partial charge >= 0.3 is 0 Å². The van der Waals surface area contributed by atoms with Crippen LogP contribution in [0.2, 0.25) is 5.02 Å². The average molecular weight is 281 g/mol. The number of benzene rings is 1. The number of nitrogens with one attached hydrogen (secondary N) is 1. The van der Waals surface area contributed by atoms with Crippen LogP contribution in [-0.4, -0.2) is 16.9 Å². The molecule has 5 nitrogen and oxygen atoms in total. The van der Waals surface area contributed by atoms with E-state index in [0.717, 1.165) is 22.7 Å². The molecule has 0 spiro atoms. The first-order chi connectivity index (χ1) is 9.13. The van der Waals surface area contributed by atoms with Gasteiger partial charge in [0.15, 0.2) is 0 Å². The zero-order valence-electron chi connectivity index (χ0n) is 10.9. The molecule has 0 amide bonds. The summed E-state index contributed by atoms with van der Waals surface area (Å²) in [7, 11) is 3.45. The molecule has 0 saturated heterocycles. The summed E-state index contributed by atoms with van der Waals surface area (Å²) >= 11 is 5.87. The van der Waals surface area contributed by atoms with Gasteiger partial charge in [-0.05, 0) is 24.1 Å². The predicted molar refractivity (Wildman–Crippen MR) is 75.0 cm³/mol. The van der Waals surface area contributed by atoms with Crippen LogP contribution in [0.5, 0.6) is 5.88 Å². The number of nitrogens with zero attached hydrogens (tertiary/aromatic N) is 2. The summed E-state index contributed by atoms with van der Waals surface area (Å²) in [5.41, 5.74) is 4.76. The molecule has 0 bridgehead atoms. The Balaban J connectivity index is 2.17. The number of ether oxygens (including phenoxy) is 1. The summed E-state index contributed by atoms with van der Waals surface area (Å²) in [4.78, 5) is 0. The SMILES string of the molecule is COc1cc(C(Cc2ccc(Cl)cc2)NN)nn1C. The topological polar surface area (TPSA) is 65.1 Å². The Morgan fingerprint density at radius 2 is 2.11 bits per heavy atom. The highest BCUT2D eigenvalue weighted by molar-refractivity contribution is 6.30. The van der Waals surface area contributed by atoms with E-state index in [1.807, 2.05) is 37.4 Å². The number of hydrogen-bond acceptors (Lipinski definition) is 4. The predicted octanol–water partition coefficient (Wildman–Crippen LogP) is 1.83. The fourth-order valence-corrected chi connectivity index (χ4v) is 2.06. The van der Waals surface area contributed by atoms with E-state index in [1.54, 1.807) is 11.8 Å². The van der Waals surface area contributed by atoms with Crippen molar-refractivity contribution >= 4 is 11.6 Å². The minimum absolute atomic E-state index is 0.0729. The van der Waals surface area contributed by atoms with Crippen molar-refractivity contribution in [2.75, 3.05) is 7.11 Å². The van der Waals surface area contributed by atoms with Gasteiger partial charge in [0.25, 0.3) is 0 Å². The average Bonchev–Trinajstić information content (AvgIpc) is 2.79. The molecule has 2 rings (SSSR count). The van der Waals surface area contributed by atoms with Crippen LogP contribution >= 0.6 is 11.6 Å². The highest BCUT2D eigenvalue weighted by Crippen LogP contribution is 2.21. The second-order valence-electron chi connectivity index (χ2n) is 4.29. The van der Waals surface area contributed by atoms with E-state index in [9.17, 15) is 0 Å². The minimum Gasteiger partial charge on any atom is -0.481 e. The summed E-state index contributed by atoms with van der Waals surface area (Å²) in [6, 6.07) is 9.49. The maximum Gasteiger partial charge on any atom is 0.211 e. The summed E-state index contributed by atoms with van der Waals surface area (Å²) in [6.45, 7) is 0. The van der Waals surface area contributed by atoms with Gasteiger partial charge in [0, 0.05) is 18.1 Å². The van der Waals surface area contributed by atoms with E-state index in [4.69, 9.17) is 22.2 Å². The first-order valence-corrected chi connectivity index (χ1v) is 6.30. The highest BCUT2D eigenvalue weighted by Gasteiger charge is 2.16. The van der Waals surface area contributed by atoms with E-state index in [1.165, 1.54) is 0 Å². The lowest BCUT2D eigenvalue weighted by Gasteiger charge is -2.13. The van der Waals surface area contributed by atoms with Crippen molar-refractivity contribution in [3.63, 3.8) is 0 Å². The second kappa shape index (κ2) is 6.06. The molecule has 19 heavy (non-hydrogen) atoms. The lowest BCUT2D eigenvalue weighted by Crippen LogP contribution is -2.30. The number of rotatable bonds is 5. The molecule has 0 radical (unpaired) electrons. The lowest BCUT2D eigenvalue weighted by atomic mass is 10.0. The quantitative estimate of drug-likeness (QED) is 0.648. The van der Waals surface area contributed by atoms with Crippen molar-refractivity contribution in [2.45, 2.75) is 12.5 Å². The largest absolute Gasteiger partial charge is 0.481 e. The number of aryl methyl sites for hydroxylation is 1. The van der Waals surface area contributed by atoms with Gasteiger partial charge in [-0.2, -0.15) is 5.10 Å². The third kappa shape index (κ3) is 3.26. The third-order valence-corrected chi connectivity index (χ3v) is 3.23. The van der Waals surface area contributed by atoms with Gasteiger partial charge in [-0.25, -0.2) is 4.68 Å². The molecule has 1 heterocycles. The number of hydrazine groups is 1. The van der Waals surface area contributed by atoms with Crippen molar-refractivity contribution < 1.29 is 4.74 Å². The minimum atomic E-state index is -0.0729. The van der Waals surface area contributed by atoms with Crippen molar-refractivity contribution in [3.8, 4) is 5.88 Å². The second-order valence-corrected chi connectivity index (χ2v) is 4.72. The maximum absolute atomic E-state index is 5.87. The van der Waals surface area contributed by atoms with E-state index in [2.05, 4.69) is 10.5 Å². The third-order valence-electron chi connectivity index (χ3n) is 2.98. The van der Waals surface area contributed by atoms with Gasteiger partial charge in [-0.15, -0.1) is 0 Å². The van der Waals surface area contributed by atoms with Crippen LogP contribution in [0.4, 0.5) is 0 Å². The smallest absolute Gasteiger partial charge is 0.211 e. The molecule has 2 aromatic rings. The number of halogens is 1. The highest BCUT2D eigenvalue weighted by atomic mass is 35.5. The zero-order chi connectivity index (χ0) is 13.8. The number of hydrogen-bond donors (Lipinski definition) is 2. The van der Waals surface area contributed by atoms with Crippen LogP contribution in [0.1, 0.15) is 17.3 Å². The Morgan fingerprint density at radius 1 is 1.42 bits per heavy atom. The Morgan fingerprint density at radius 3 is 2.63 bits per heavy atom. The Bertz CT molecular complexity index is 538. The molecule has 1 aromatic heterocycles. The monoisotopic (exact) mass is 280 g/mol. The number of methoxy groups -OCH3 is 1. The van der Waals surface area contributed by atoms with Gasteiger partial charge in [0.2, 0.25) is 5.88 Å². The maximum atomic E-state index is 5.87. The first-order valence-electron chi connectivity index (χ1n) is 5.92. The van der Waals surface area contributed by atoms with Crippen molar-refractivity contribution in [3.05, 3.63) is 46.6 Å². The molecule has 0 fully saturated rings.